The molecule has 5 nitrogen and oxygen atoms in total. The van der Waals surface area contributed by atoms with Gasteiger partial charge >= 0.3 is 0 Å². The number of amides is 2. The molecule has 0 aromatic heterocycles. The second-order valence-electron chi connectivity index (χ2n) is 4.58. The average molecular weight is 334 g/mol. The number of nitrogens with one attached hydrogen (secondary N) is 2. The van der Waals surface area contributed by atoms with E-state index in [0.29, 0.717) is 17.7 Å². The molecule has 0 fully saturated rings. The smallest absolute Gasteiger partial charge is 0.251 e. The van der Waals surface area contributed by atoms with Crippen LogP contribution in [0.15, 0.2) is 53.4 Å². The Kier molecular flexibility index (Phi) is 5.99. The molecular formula is C16H15FN2O3S. The summed E-state index contributed by atoms with van der Waals surface area (Å²) in [7, 11) is -1.51. The van der Waals surface area contributed by atoms with Crippen LogP contribution in [0.5, 0.6) is 0 Å². The Balaban J connectivity index is 1.86. The molecule has 2 N–H and O–H groups in total. The van der Waals surface area contributed by atoms with Gasteiger partial charge in [-0.3, -0.25) is 13.8 Å². The fourth-order valence-electron chi connectivity index (χ4n) is 1.88. The highest BCUT2D eigenvalue weighted by atomic mass is 32.2. The molecule has 0 aliphatic rings. The minimum atomic E-state index is -1.51. The molecule has 2 amide bonds. The van der Waals surface area contributed by atoms with Gasteiger partial charge in [-0.2, -0.15) is 0 Å². The van der Waals surface area contributed by atoms with Gasteiger partial charge in [0.15, 0.2) is 0 Å². The third-order valence-corrected chi connectivity index (χ3v) is 4.42. The molecule has 23 heavy (non-hydrogen) atoms. The Bertz CT molecular complexity index is 720. The van der Waals surface area contributed by atoms with Gasteiger partial charge < -0.3 is 10.6 Å². The van der Waals surface area contributed by atoms with Crippen molar-refractivity contribution in [2.75, 3.05) is 17.6 Å². The van der Waals surface area contributed by atoms with Crippen LogP contribution >= 0.6 is 0 Å². The largest absolute Gasteiger partial charge is 0.351 e. The predicted octanol–water partition coefficient (Wildman–Crippen LogP) is 1.93. The number of benzene rings is 2. The van der Waals surface area contributed by atoms with E-state index in [9.17, 15) is 18.2 Å². The van der Waals surface area contributed by atoms with Crippen molar-refractivity contribution in [3.8, 4) is 0 Å². The van der Waals surface area contributed by atoms with Crippen LogP contribution in [0.3, 0.4) is 0 Å². The summed E-state index contributed by atoms with van der Waals surface area (Å²) in [4.78, 5) is 22.3. The van der Waals surface area contributed by atoms with Crippen molar-refractivity contribution in [2.24, 2.45) is 0 Å². The molecule has 1 atom stereocenters. The number of halogens is 1. The van der Waals surface area contributed by atoms with Crippen LogP contribution in [-0.2, 0) is 15.6 Å². The summed E-state index contributed by atoms with van der Waals surface area (Å²) in [6.45, 7) is 0.161. The average Bonchev–Trinajstić information content (AvgIpc) is 2.56. The zero-order chi connectivity index (χ0) is 16.7. The van der Waals surface area contributed by atoms with Crippen molar-refractivity contribution in [2.45, 2.75) is 4.90 Å². The van der Waals surface area contributed by atoms with E-state index in [1.807, 2.05) is 0 Å². The molecule has 0 spiro atoms. The fourth-order valence-corrected chi connectivity index (χ4v) is 2.91. The van der Waals surface area contributed by atoms with Gasteiger partial charge in [-0.25, -0.2) is 4.39 Å². The maximum Gasteiger partial charge on any atom is 0.251 e. The number of hydrogen-bond acceptors (Lipinski definition) is 3. The lowest BCUT2D eigenvalue weighted by molar-refractivity contribution is -0.105. The molecule has 0 radical (unpaired) electrons. The topological polar surface area (TPSA) is 75.3 Å². The first-order valence-corrected chi connectivity index (χ1v) is 8.15. The molecule has 120 valence electrons. The highest BCUT2D eigenvalue weighted by Gasteiger charge is 2.10. The molecule has 0 aliphatic carbocycles. The summed E-state index contributed by atoms with van der Waals surface area (Å²) in [5, 5.41) is 5.09. The van der Waals surface area contributed by atoms with E-state index >= 15 is 0 Å². The van der Waals surface area contributed by atoms with Crippen molar-refractivity contribution in [3.63, 3.8) is 0 Å². The Morgan fingerprint density at radius 1 is 1.13 bits per heavy atom. The van der Waals surface area contributed by atoms with Gasteiger partial charge in [0.25, 0.3) is 5.91 Å². The number of anilines is 1. The van der Waals surface area contributed by atoms with Crippen LogP contribution in [-0.4, -0.2) is 28.8 Å². The Labute approximate surface area is 135 Å². The first-order chi connectivity index (χ1) is 11.1. The maximum absolute atomic E-state index is 13.5. The molecule has 0 unspecified atom stereocenters. The van der Waals surface area contributed by atoms with Crippen molar-refractivity contribution in [3.05, 3.63) is 59.9 Å². The van der Waals surface area contributed by atoms with Crippen molar-refractivity contribution in [1.29, 1.82) is 0 Å². The van der Waals surface area contributed by atoms with E-state index in [0.717, 1.165) is 0 Å². The van der Waals surface area contributed by atoms with Crippen LogP contribution < -0.4 is 10.6 Å². The van der Waals surface area contributed by atoms with Gasteiger partial charge in [0, 0.05) is 23.5 Å². The Hall–Kier alpha value is -2.54. The van der Waals surface area contributed by atoms with Gasteiger partial charge in [0.05, 0.1) is 15.7 Å². The molecular weight excluding hydrogens is 319 g/mol. The first-order valence-electron chi connectivity index (χ1n) is 6.83. The quantitative estimate of drug-likeness (QED) is 0.760. The Morgan fingerprint density at radius 2 is 1.83 bits per heavy atom. The zero-order valence-electron chi connectivity index (χ0n) is 12.1. The summed E-state index contributed by atoms with van der Waals surface area (Å²) >= 11 is 0. The third kappa shape index (κ3) is 4.72. The SMILES string of the molecule is O=CNc1ccc(C(=O)NCC[S@@](=O)c2ccccc2F)cc1. The van der Waals surface area contributed by atoms with E-state index in [1.54, 1.807) is 30.3 Å². The second kappa shape index (κ2) is 8.19. The lowest BCUT2D eigenvalue weighted by Gasteiger charge is -2.07. The van der Waals surface area contributed by atoms with Crippen LogP contribution in [0.4, 0.5) is 10.1 Å². The van der Waals surface area contributed by atoms with Gasteiger partial charge in [-0.15, -0.1) is 0 Å². The molecule has 0 aliphatic heterocycles. The summed E-state index contributed by atoms with van der Waals surface area (Å²) in [5.41, 5.74) is 0.996. The number of carbonyl (C=O) groups is 2. The lowest BCUT2D eigenvalue weighted by atomic mass is 10.2. The monoisotopic (exact) mass is 334 g/mol. The fraction of sp³-hybridized carbons (Fsp3) is 0.125. The van der Waals surface area contributed by atoms with Crippen LogP contribution in [0.2, 0.25) is 0 Å². The van der Waals surface area contributed by atoms with Crippen molar-refractivity contribution < 1.29 is 18.2 Å². The van der Waals surface area contributed by atoms with Crippen LogP contribution in [0, 0.1) is 5.82 Å². The number of carbonyl (C=O) groups excluding carboxylic acids is 2. The van der Waals surface area contributed by atoms with Gasteiger partial charge in [0.2, 0.25) is 6.41 Å². The standard InChI is InChI=1S/C16H15FN2O3S/c17-14-3-1-2-4-15(14)23(22)10-9-18-16(21)12-5-7-13(8-6-12)19-11-20/h1-8,11H,9-10H2,(H,18,21)(H,19,20)/t23-/m1/s1. The summed E-state index contributed by atoms with van der Waals surface area (Å²) in [5.74, 6) is -0.721. The molecule has 2 aromatic rings. The first kappa shape index (κ1) is 16.8. The van der Waals surface area contributed by atoms with E-state index in [-0.39, 0.29) is 23.1 Å². The van der Waals surface area contributed by atoms with E-state index in [4.69, 9.17) is 0 Å². The minimum Gasteiger partial charge on any atom is -0.351 e. The zero-order valence-corrected chi connectivity index (χ0v) is 12.9. The van der Waals surface area contributed by atoms with E-state index in [1.165, 1.54) is 18.2 Å². The molecule has 0 bridgehead atoms. The maximum atomic E-state index is 13.5. The molecule has 2 aromatic carbocycles. The molecule has 0 heterocycles. The number of rotatable bonds is 7. The van der Waals surface area contributed by atoms with E-state index < -0.39 is 16.6 Å². The van der Waals surface area contributed by atoms with Crippen LogP contribution in [0.1, 0.15) is 10.4 Å². The molecule has 0 saturated heterocycles. The van der Waals surface area contributed by atoms with E-state index in [2.05, 4.69) is 10.6 Å². The molecule has 7 heteroatoms. The summed E-state index contributed by atoms with van der Waals surface area (Å²) < 4.78 is 25.5. The highest BCUT2D eigenvalue weighted by molar-refractivity contribution is 7.85. The Morgan fingerprint density at radius 3 is 2.48 bits per heavy atom. The summed E-state index contributed by atoms with van der Waals surface area (Å²) in [6.07, 6.45) is 0.549. The second-order valence-corrected chi connectivity index (χ2v) is 6.11. The molecule has 2 rings (SSSR count). The predicted molar refractivity (Wildman–Crippen MR) is 86.1 cm³/mol. The lowest BCUT2D eigenvalue weighted by Crippen LogP contribution is -2.27. The minimum absolute atomic E-state index is 0.122. The number of hydrogen-bond donors (Lipinski definition) is 2. The third-order valence-electron chi connectivity index (χ3n) is 3.03. The van der Waals surface area contributed by atoms with Gasteiger partial charge in [-0.1, -0.05) is 12.1 Å². The normalized spacial score (nSPS) is 11.5. The van der Waals surface area contributed by atoms with Gasteiger partial charge in [0.1, 0.15) is 5.82 Å². The van der Waals surface area contributed by atoms with Crippen molar-refractivity contribution in [1.82, 2.24) is 5.32 Å². The highest BCUT2D eigenvalue weighted by Crippen LogP contribution is 2.11. The van der Waals surface area contributed by atoms with Crippen LogP contribution in [0.25, 0.3) is 0 Å². The molecule has 0 saturated carbocycles. The van der Waals surface area contributed by atoms with Gasteiger partial charge in [-0.05, 0) is 36.4 Å². The van der Waals surface area contributed by atoms with Crippen molar-refractivity contribution >= 4 is 28.8 Å². The summed E-state index contributed by atoms with van der Waals surface area (Å²) in [6, 6.07) is 12.2.